The van der Waals surface area contributed by atoms with Gasteiger partial charge in [0.15, 0.2) is 0 Å². The Morgan fingerprint density at radius 2 is 0.436 bits per heavy atom. The summed E-state index contributed by atoms with van der Waals surface area (Å²) in [5.74, 6) is 11.3. The first-order valence-corrected chi connectivity index (χ1v) is 46.3. The van der Waals surface area contributed by atoms with E-state index in [1.54, 1.807) is 119 Å². The second kappa shape index (κ2) is 56.2. The molecule has 8 bridgehead atoms. The van der Waals surface area contributed by atoms with Gasteiger partial charge in [-0.05, 0) is 268 Å². The highest BCUT2D eigenvalue weighted by Crippen LogP contribution is 2.53. The van der Waals surface area contributed by atoms with Crippen LogP contribution < -0.4 is 0 Å². The lowest BCUT2D eigenvalue weighted by Gasteiger charge is -2.49. The van der Waals surface area contributed by atoms with Crippen LogP contribution in [0.2, 0.25) is 0 Å². The van der Waals surface area contributed by atoms with E-state index in [-0.39, 0.29) is 0 Å². The fourth-order valence-corrected chi connectivity index (χ4v) is 20.0. The summed E-state index contributed by atoms with van der Waals surface area (Å²) < 4.78 is 0. The SMILES string of the molecule is C1=CC2CCC1C2.C1=CCC=C1.C1=CCCC1.C1=CCCCC1.C1=CCCCCC1.C1C2CC3CC1CC(C2)C3.C1CC1.C1CC2CCC1C2.C1CCC1.C1CCC2CCCCC2C1.C1CCCC1.C1CCCCC1.C1CCCCCC1.c1ccc2c(c1)CCC2.c1ccc2c(c1)CCCC2. The summed E-state index contributed by atoms with van der Waals surface area (Å²) in [6.45, 7) is 0. The normalized spacial score (nSPS) is 29.9. The van der Waals surface area contributed by atoms with Crippen LogP contribution >= 0.6 is 0 Å². The van der Waals surface area contributed by atoms with E-state index in [2.05, 4.69) is 121 Å². The predicted molar refractivity (Wildman–Crippen MR) is 448 cm³/mol. The molecule has 0 nitrogen and oxygen atoms in total. The van der Waals surface area contributed by atoms with Crippen LogP contribution in [0, 0.1) is 59.2 Å². The number of hydrogen-bond donors (Lipinski definition) is 0. The van der Waals surface area contributed by atoms with E-state index >= 15 is 0 Å². The van der Waals surface area contributed by atoms with Crippen LogP contribution in [0.1, 0.15) is 427 Å². The molecule has 2 atom stereocenters. The lowest BCUT2D eigenvalue weighted by atomic mass is 9.56. The molecule has 0 N–H and O–H groups in total. The van der Waals surface area contributed by atoms with Crippen LogP contribution in [0.4, 0.5) is 0 Å². The fourth-order valence-electron chi connectivity index (χ4n) is 20.0. The summed E-state index contributed by atoms with van der Waals surface area (Å²) in [7, 11) is 0. The summed E-state index contributed by atoms with van der Waals surface area (Å²) in [6, 6.07) is 17.5. The van der Waals surface area contributed by atoms with Crippen molar-refractivity contribution in [3.05, 3.63) is 144 Å². The smallest absolute Gasteiger partial charge is 0.0163 e. The van der Waals surface area contributed by atoms with E-state index in [1.807, 2.05) is 0 Å². The van der Waals surface area contributed by atoms with Gasteiger partial charge in [-0.2, -0.15) is 0 Å². The first-order valence-electron chi connectivity index (χ1n) is 46.3. The lowest BCUT2D eigenvalue weighted by molar-refractivity contribution is 0.0198. The number of hydrogen-bond acceptors (Lipinski definition) is 0. The van der Waals surface area contributed by atoms with E-state index in [0.717, 1.165) is 30.1 Å². The number of rotatable bonds is 0. The monoisotopic (exact) mass is 1380 g/mol. The van der Waals surface area contributed by atoms with Crippen molar-refractivity contribution in [2.45, 2.75) is 430 Å². The zero-order valence-corrected chi connectivity index (χ0v) is 66.7. The fraction of sp³-hybridized carbons (Fsp3) is 0.762. The van der Waals surface area contributed by atoms with Crippen molar-refractivity contribution in [2.75, 3.05) is 0 Å². The average molecular weight is 1380 g/mol. The summed E-state index contributed by atoms with van der Waals surface area (Å²) in [6.07, 6.45) is 125. The highest BCUT2D eigenvalue weighted by atomic mass is 14.5. The van der Waals surface area contributed by atoms with Crippen LogP contribution in [0.5, 0.6) is 0 Å². The Labute approximate surface area is 629 Å². The Morgan fingerprint density at radius 1 is 0.188 bits per heavy atom. The van der Waals surface area contributed by atoms with Gasteiger partial charge in [0.1, 0.15) is 0 Å². The first-order chi connectivity index (χ1) is 50.2. The topological polar surface area (TPSA) is 0 Å². The van der Waals surface area contributed by atoms with Gasteiger partial charge in [0, 0.05) is 0 Å². The molecule has 14 fully saturated rings. The van der Waals surface area contributed by atoms with Gasteiger partial charge in [0.05, 0.1) is 0 Å². The van der Waals surface area contributed by atoms with Crippen LogP contribution in [-0.2, 0) is 25.7 Å². The molecular formula is C101H164. The van der Waals surface area contributed by atoms with Crippen molar-refractivity contribution in [3.63, 3.8) is 0 Å². The van der Waals surface area contributed by atoms with Gasteiger partial charge in [-0.15, -0.1) is 0 Å². The van der Waals surface area contributed by atoms with Crippen LogP contribution in [0.3, 0.4) is 0 Å². The summed E-state index contributed by atoms with van der Waals surface area (Å²) >= 11 is 0. The minimum Gasteiger partial charge on any atom is -0.0885 e. The molecule has 101 heavy (non-hydrogen) atoms. The van der Waals surface area contributed by atoms with E-state index in [1.165, 1.54) is 363 Å². The minimum absolute atomic E-state index is 0.991. The standard InChI is InChI=1S/C10H16.C10H18.C10H12.C9H10.C7H12.C7H10.C7H14.C7H12.C6H12.C6H10.C5H10.C5H8.C5H6.C4H8.C3H6/c1-7-2-9-4-8(1)5-10(3-7)6-9;2*1-2-6-10-8-4-3-7-9(10)5-1;1-2-5-9-7-3-6-8(9)4-1;2*1-2-7-4-3-6(1)5-7;2*1-2-4-6-7-5-3-1;2*1-2-4-6-5-3-1;3*1-2-4-5-3-1;1-2-4-3-1;1-2-3-1/h7-10H,1-6H2;9-10H,1-8H2;1-2,5-6H,3-4,7-8H2;1-2,4-5H,3,6-7H2;6-7H,1-5H2;1-2,6-7H,3-5H2;1-7H2;1-2H,3-7H2;1-6H2;1-2H,3-6H2;1-5H2;1-2H,3-5H2;1-4H,5H2;1-4H2;1-3H2. The zero-order chi connectivity index (χ0) is 69.6. The highest BCUT2D eigenvalue weighted by Gasteiger charge is 2.42. The van der Waals surface area contributed by atoms with Gasteiger partial charge in [-0.3, -0.25) is 0 Å². The summed E-state index contributed by atoms with van der Waals surface area (Å²) in [4.78, 5) is 0. The van der Waals surface area contributed by atoms with Crippen LogP contribution in [-0.4, -0.2) is 0 Å². The van der Waals surface area contributed by atoms with E-state index in [4.69, 9.17) is 0 Å². The molecule has 0 aromatic heterocycles. The molecule has 2 unspecified atom stereocenters. The number of fused-ring (bicyclic) bond motifs is 7. The Morgan fingerprint density at radius 3 is 0.644 bits per heavy atom. The Bertz CT molecular complexity index is 2220. The third-order valence-corrected chi connectivity index (χ3v) is 26.5. The number of aryl methyl sites for hydroxylation is 4. The third kappa shape index (κ3) is 39.9. The van der Waals surface area contributed by atoms with Crippen molar-refractivity contribution in [1.82, 2.24) is 0 Å². The number of benzene rings is 2. The first kappa shape index (κ1) is 83.5. The lowest BCUT2D eigenvalue weighted by Crippen LogP contribution is -2.38. The van der Waals surface area contributed by atoms with E-state index < -0.39 is 0 Å². The van der Waals surface area contributed by atoms with E-state index in [9.17, 15) is 0 Å². The van der Waals surface area contributed by atoms with Gasteiger partial charge < -0.3 is 0 Å². The van der Waals surface area contributed by atoms with Gasteiger partial charge in [0.25, 0.3) is 0 Å². The third-order valence-electron chi connectivity index (χ3n) is 26.5. The molecule has 568 valence electrons. The molecule has 2 aromatic rings. The Balaban J connectivity index is 0.000000139. The summed E-state index contributed by atoms with van der Waals surface area (Å²) in [5.41, 5.74) is 6.29. The van der Waals surface area contributed by atoms with Crippen molar-refractivity contribution in [3.8, 4) is 0 Å². The molecule has 0 heteroatoms. The van der Waals surface area contributed by atoms with Crippen molar-refractivity contribution < 1.29 is 0 Å². The molecular weight excluding hydrogens is 1210 g/mol. The molecule has 0 aliphatic heterocycles. The second-order valence-corrected chi connectivity index (χ2v) is 35.6. The molecule has 0 amide bonds. The Hall–Kier alpha value is -3.12. The van der Waals surface area contributed by atoms with Gasteiger partial charge in [-0.1, -0.05) is 365 Å². The van der Waals surface area contributed by atoms with Crippen molar-refractivity contribution in [1.29, 1.82) is 0 Å². The molecule has 0 spiro atoms. The molecule has 2 aromatic carbocycles. The van der Waals surface area contributed by atoms with Gasteiger partial charge >= 0.3 is 0 Å². The molecule has 21 aliphatic carbocycles. The quantitative estimate of drug-likeness (QED) is 0.182. The van der Waals surface area contributed by atoms with E-state index in [0.29, 0.717) is 0 Å². The maximum absolute atomic E-state index is 2.38. The van der Waals surface area contributed by atoms with Gasteiger partial charge in [0.2, 0.25) is 0 Å². The largest absolute Gasteiger partial charge is 0.0885 e. The predicted octanol–water partition coefficient (Wildman–Crippen LogP) is 32.7. The average Bonchev–Trinajstić information content (AvgIpc) is 1.53. The molecule has 0 heterocycles. The van der Waals surface area contributed by atoms with Crippen LogP contribution in [0.25, 0.3) is 0 Å². The second-order valence-electron chi connectivity index (χ2n) is 35.6. The highest BCUT2D eigenvalue weighted by molar-refractivity contribution is 5.31. The number of allylic oxidation sites excluding steroid dienone is 12. The Kier molecular flexibility index (Phi) is 46.5. The molecule has 0 saturated heterocycles. The zero-order valence-electron chi connectivity index (χ0n) is 66.7. The maximum atomic E-state index is 2.38. The minimum atomic E-state index is 0.991. The molecule has 14 saturated carbocycles. The summed E-state index contributed by atoms with van der Waals surface area (Å²) in [5, 5.41) is 0. The maximum Gasteiger partial charge on any atom is -0.0163 e. The van der Waals surface area contributed by atoms with Gasteiger partial charge in [-0.25, -0.2) is 0 Å². The van der Waals surface area contributed by atoms with Crippen molar-refractivity contribution in [2.24, 2.45) is 59.2 Å². The molecule has 0 radical (unpaired) electrons. The molecule has 23 rings (SSSR count). The molecule has 21 aliphatic rings. The van der Waals surface area contributed by atoms with Crippen molar-refractivity contribution >= 4 is 0 Å². The van der Waals surface area contributed by atoms with Crippen LogP contribution in [0.15, 0.2) is 121 Å².